The monoisotopic (exact) mass is 831 g/mol. The van der Waals surface area contributed by atoms with Crippen molar-refractivity contribution in [3.8, 4) is 22.3 Å². The quantitative estimate of drug-likeness (QED) is 0.156. The van der Waals surface area contributed by atoms with E-state index >= 15 is 0 Å². The lowest BCUT2D eigenvalue weighted by atomic mass is 9.49. The topological polar surface area (TPSA) is 3.24 Å². The third-order valence-corrected chi connectivity index (χ3v) is 15.5. The Kier molecular flexibility index (Phi) is 8.65. The lowest BCUT2D eigenvalue weighted by Gasteiger charge is -2.53. The number of hydrogen-bond donors (Lipinski definition) is 0. The Labute approximate surface area is 383 Å². The molecule has 0 radical (unpaired) electrons. The van der Waals surface area contributed by atoms with Crippen molar-refractivity contribution in [3.63, 3.8) is 0 Å². The highest BCUT2D eigenvalue weighted by Gasteiger charge is 2.63. The lowest BCUT2D eigenvalue weighted by molar-refractivity contribution is 0.301. The van der Waals surface area contributed by atoms with Crippen molar-refractivity contribution in [3.05, 3.63) is 287 Å². The highest BCUT2D eigenvalue weighted by molar-refractivity contribution is 5.94. The molecule has 0 aromatic heterocycles. The summed E-state index contributed by atoms with van der Waals surface area (Å²) in [6, 6.07) is 75.9. The van der Waals surface area contributed by atoms with Crippen LogP contribution in [0.25, 0.3) is 27.8 Å². The van der Waals surface area contributed by atoms with E-state index in [4.69, 9.17) is 0 Å². The van der Waals surface area contributed by atoms with E-state index < -0.39 is 10.8 Å². The van der Waals surface area contributed by atoms with Crippen LogP contribution in [0.15, 0.2) is 242 Å². The van der Waals surface area contributed by atoms with Crippen molar-refractivity contribution in [2.45, 2.75) is 36.5 Å². The summed E-state index contributed by atoms with van der Waals surface area (Å²) < 4.78 is 0. The van der Waals surface area contributed by atoms with Gasteiger partial charge in [0.25, 0.3) is 0 Å². The van der Waals surface area contributed by atoms with Gasteiger partial charge in [0.15, 0.2) is 0 Å². The van der Waals surface area contributed by atoms with Gasteiger partial charge in [0.05, 0.1) is 16.5 Å². The number of benzene rings is 8. The third kappa shape index (κ3) is 5.39. The summed E-state index contributed by atoms with van der Waals surface area (Å²) in [5.41, 5.74) is 21.5. The van der Waals surface area contributed by atoms with E-state index in [1.807, 2.05) is 0 Å². The van der Waals surface area contributed by atoms with Crippen molar-refractivity contribution < 1.29 is 0 Å². The number of anilines is 3. The van der Waals surface area contributed by atoms with Crippen LogP contribution in [0.1, 0.15) is 70.2 Å². The summed E-state index contributed by atoms with van der Waals surface area (Å²) in [4.78, 5) is 2.59. The predicted octanol–water partition coefficient (Wildman–Crippen LogP) is 16.1. The fraction of sp³-hybridized carbons (Fsp3) is 0.125. The molecule has 5 atom stereocenters. The summed E-state index contributed by atoms with van der Waals surface area (Å²) in [5.74, 6) is 1.05. The fourth-order valence-electron chi connectivity index (χ4n) is 13.1. The minimum Gasteiger partial charge on any atom is -0.310 e. The largest absolute Gasteiger partial charge is 0.310 e. The van der Waals surface area contributed by atoms with E-state index in [0.29, 0.717) is 17.8 Å². The molecule has 5 aliphatic rings. The van der Waals surface area contributed by atoms with Crippen LogP contribution in [0, 0.1) is 11.8 Å². The normalized spacial score (nSPS) is 22.8. The van der Waals surface area contributed by atoms with Gasteiger partial charge < -0.3 is 4.90 Å². The molecule has 0 amide bonds. The highest BCUT2D eigenvalue weighted by Crippen LogP contribution is 2.71. The van der Waals surface area contributed by atoms with Crippen LogP contribution in [0.3, 0.4) is 0 Å². The van der Waals surface area contributed by atoms with Crippen LogP contribution in [0.5, 0.6) is 0 Å². The van der Waals surface area contributed by atoms with Gasteiger partial charge >= 0.3 is 0 Å². The molecule has 1 heteroatoms. The van der Waals surface area contributed by atoms with E-state index in [-0.39, 0.29) is 0 Å². The number of hydrogen-bond acceptors (Lipinski definition) is 1. The number of allylic oxidation sites excluding steroid dienone is 8. The van der Waals surface area contributed by atoms with Gasteiger partial charge in [-0.15, -0.1) is 0 Å². The zero-order chi connectivity index (χ0) is 43.1. The molecular weight excluding hydrogens is 783 g/mol. The van der Waals surface area contributed by atoms with Crippen LogP contribution in [0.4, 0.5) is 17.1 Å². The molecule has 310 valence electrons. The van der Waals surface area contributed by atoms with Crippen LogP contribution in [-0.2, 0) is 10.8 Å². The first-order valence-corrected chi connectivity index (χ1v) is 23.5. The lowest BCUT2D eigenvalue weighted by Crippen LogP contribution is -2.48. The average Bonchev–Trinajstić information content (AvgIpc) is 3.65. The van der Waals surface area contributed by atoms with Crippen LogP contribution in [-0.4, -0.2) is 0 Å². The maximum Gasteiger partial charge on any atom is 0.0717 e. The minimum atomic E-state index is -0.537. The van der Waals surface area contributed by atoms with Gasteiger partial charge in [-0.3, -0.25) is 0 Å². The van der Waals surface area contributed by atoms with Crippen LogP contribution in [0.2, 0.25) is 0 Å². The second kappa shape index (κ2) is 14.8. The summed E-state index contributed by atoms with van der Waals surface area (Å²) in [7, 11) is 0. The molecule has 5 unspecified atom stereocenters. The van der Waals surface area contributed by atoms with E-state index in [0.717, 1.165) is 24.2 Å². The second-order valence-corrected chi connectivity index (χ2v) is 18.7. The molecule has 0 saturated carbocycles. The van der Waals surface area contributed by atoms with E-state index in [9.17, 15) is 0 Å². The molecule has 1 nitrogen and oxygen atoms in total. The van der Waals surface area contributed by atoms with Gasteiger partial charge in [-0.1, -0.05) is 213 Å². The highest BCUT2D eigenvalue weighted by atomic mass is 15.1. The number of nitrogens with zero attached hydrogens (tertiary/aromatic N) is 1. The molecule has 0 aliphatic heterocycles. The summed E-state index contributed by atoms with van der Waals surface area (Å²) in [5, 5.41) is 0. The van der Waals surface area contributed by atoms with E-state index in [2.05, 4.69) is 248 Å². The first-order valence-electron chi connectivity index (χ1n) is 23.5. The molecule has 0 bridgehead atoms. The Hall–Kier alpha value is -7.48. The van der Waals surface area contributed by atoms with Crippen LogP contribution >= 0.6 is 0 Å². The van der Waals surface area contributed by atoms with Crippen molar-refractivity contribution in [1.29, 1.82) is 0 Å². The second-order valence-electron chi connectivity index (χ2n) is 18.7. The maximum atomic E-state index is 2.59. The molecule has 0 saturated heterocycles. The first-order chi connectivity index (χ1) is 32.2. The molecule has 13 rings (SSSR count). The van der Waals surface area contributed by atoms with Crippen molar-refractivity contribution in [1.82, 2.24) is 0 Å². The van der Waals surface area contributed by atoms with Gasteiger partial charge in [0.2, 0.25) is 0 Å². The van der Waals surface area contributed by atoms with Gasteiger partial charge in [-0.2, -0.15) is 0 Å². The smallest absolute Gasteiger partial charge is 0.0717 e. The third-order valence-electron chi connectivity index (χ3n) is 15.5. The molecule has 65 heavy (non-hydrogen) atoms. The molecule has 0 fully saturated rings. The zero-order valence-corrected chi connectivity index (χ0v) is 36.6. The Bertz CT molecular complexity index is 3190. The van der Waals surface area contributed by atoms with Gasteiger partial charge in [0, 0.05) is 17.3 Å². The molecule has 8 aromatic carbocycles. The van der Waals surface area contributed by atoms with Gasteiger partial charge in [0.1, 0.15) is 0 Å². The summed E-state index contributed by atoms with van der Waals surface area (Å²) in [6.07, 6.45) is 16.4. The van der Waals surface area contributed by atoms with E-state index in [1.54, 1.807) is 0 Å². The van der Waals surface area contributed by atoms with Gasteiger partial charge in [-0.25, -0.2) is 0 Å². The zero-order valence-electron chi connectivity index (χ0n) is 36.6. The van der Waals surface area contributed by atoms with Crippen molar-refractivity contribution >= 4 is 22.6 Å². The molecular formula is C64H49N. The Morgan fingerprint density at radius 2 is 1.05 bits per heavy atom. The molecule has 5 aliphatic carbocycles. The predicted molar refractivity (Wildman–Crippen MR) is 270 cm³/mol. The SMILES string of the molecule is CC1C=CC2c3ccccc3C3(c4ccccc4C4(C5=C(CC=CC=C5)c5ccccc54)c4cccc(N(c5ccc(-c6ccccc6)cc5)c5ccc(-c6ccccc6)cc5)c43)C2C1. The summed E-state index contributed by atoms with van der Waals surface area (Å²) >= 11 is 0. The van der Waals surface area contributed by atoms with Crippen molar-refractivity contribution in [2.24, 2.45) is 11.8 Å². The standard InChI is InChI=1S/C64H49N/c1-43-32-41-53-52-24-12-14-27-56(52)64(60(53)42-43)58-29-16-15-28-57(58)63(54-25-10-4-9-22-50(54)51-23-11-13-26-55(51)63)59-30-17-31-61(62(59)64)65(48-37-33-46(34-38-48)44-18-5-2-6-19-44)49-39-35-47(36-40-49)45-20-7-3-8-21-45/h2-21,23-41,43,53,60H,22,42H2,1H3. The molecule has 8 aromatic rings. The van der Waals surface area contributed by atoms with Crippen molar-refractivity contribution in [2.75, 3.05) is 4.90 Å². The first kappa shape index (κ1) is 38.0. The Balaban J connectivity index is 1.16. The Morgan fingerprint density at radius 3 is 1.74 bits per heavy atom. The summed E-state index contributed by atoms with van der Waals surface area (Å²) in [6.45, 7) is 2.43. The maximum absolute atomic E-state index is 2.59. The molecule has 0 heterocycles. The minimum absolute atomic E-state index is 0.293. The van der Waals surface area contributed by atoms with Crippen LogP contribution < -0.4 is 4.90 Å². The van der Waals surface area contributed by atoms with Gasteiger partial charge in [-0.05, 0) is 133 Å². The number of rotatable bonds is 5. The Morgan fingerprint density at radius 1 is 0.477 bits per heavy atom. The number of fused-ring (bicyclic) bond motifs is 15. The molecule has 2 spiro atoms. The van der Waals surface area contributed by atoms with E-state index in [1.165, 1.54) is 83.6 Å². The fourth-order valence-corrected chi connectivity index (χ4v) is 13.1. The molecule has 0 N–H and O–H groups in total. The average molecular weight is 832 g/mol.